The van der Waals surface area contributed by atoms with E-state index in [2.05, 4.69) is 5.32 Å². The molecular weight excluding hydrogens is 256 g/mol. The number of nitrogens with one attached hydrogen (secondary N) is 1. The van der Waals surface area contributed by atoms with Gasteiger partial charge in [-0.2, -0.15) is 0 Å². The number of likely N-dealkylation sites (tertiary alicyclic amines) is 1. The van der Waals surface area contributed by atoms with E-state index in [0.717, 1.165) is 12.8 Å². The lowest BCUT2D eigenvalue weighted by atomic mass is 10.0. The number of carboxylic acids is 1. The van der Waals surface area contributed by atoms with E-state index < -0.39 is 22.8 Å². The van der Waals surface area contributed by atoms with Crippen molar-refractivity contribution in [3.05, 3.63) is 0 Å². The van der Waals surface area contributed by atoms with E-state index >= 15 is 0 Å². The Balaban J connectivity index is 2.43. The number of urea groups is 1. The second-order valence-electron chi connectivity index (χ2n) is 4.21. The lowest BCUT2D eigenvalue weighted by Gasteiger charge is -2.32. The Kier molecular flexibility index (Phi) is 6.11. The van der Waals surface area contributed by atoms with Crippen molar-refractivity contribution in [2.24, 2.45) is 0 Å². The normalized spacial score (nSPS) is 21.4. The van der Waals surface area contributed by atoms with Crippen LogP contribution < -0.4 is 5.32 Å². The zero-order chi connectivity index (χ0) is 13.5. The van der Waals surface area contributed by atoms with Crippen LogP contribution in [0.3, 0.4) is 0 Å². The van der Waals surface area contributed by atoms with Crippen LogP contribution in [0.5, 0.6) is 0 Å². The van der Waals surface area contributed by atoms with Crippen LogP contribution >= 0.6 is 0 Å². The number of hydrogen-bond donors (Lipinski definition) is 2. The fourth-order valence-corrected chi connectivity index (χ4v) is 2.57. The third-order valence-electron chi connectivity index (χ3n) is 2.98. The molecule has 104 valence electrons. The van der Waals surface area contributed by atoms with Gasteiger partial charge in [-0.25, -0.2) is 9.59 Å². The molecule has 1 rings (SSSR count). The molecule has 7 heteroatoms. The summed E-state index contributed by atoms with van der Waals surface area (Å²) in [5.41, 5.74) is 0. The molecule has 1 aliphatic heterocycles. The fourth-order valence-electron chi connectivity index (χ4n) is 1.95. The molecule has 0 radical (unpaired) electrons. The first kappa shape index (κ1) is 14.9. The summed E-state index contributed by atoms with van der Waals surface area (Å²) in [6.07, 6.45) is 2.17. The number of carboxylic acid groups (broad SMARTS) is 1. The Bertz CT molecular complexity index is 335. The monoisotopic (exact) mass is 276 g/mol. The van der Waals surface area contributed by atoms with E-state index in [1.54, 1.807) is 0 Å². The zero-order valence-corrected chi connectivity index (χ0v) is 11.4. The van der Waals surface area contributed by atoms with Gasteiger partial charge in [0.15, 0.2) is 0 Å². The Morgan fingerprint density at radius 3 is 2.78 bits per heavy atom. The summed E-state index contributed by atoms with van der Waals surface area (Å²) >= 11 is 0. The summed E-state index contributed by atoms with van der Waals surface area (Å²) in [6, 6.07) is -1.09. The number of hydrogen-bond acceptors (Lipinski definition) is 3. The van der Waals surface area contributed by atoms with Gasteiger partial charge < -0.3 is 15.3 Å². The molecule has 0 saturated carbocycles. The summed E-state index contributed by atoms with van der Waals surface area (Å²) in [6.45, 7) is 2.62. The van der Waals surface area contributed by atoms with Crippen molar-refractivity contribution in [2.45, 2.75) is 32.2 Å². The van der Waals surface area contributed by atoms with Crippen molar-refractivity contribution < 1.29 is 18.9 Å². The molecule has 18 heavy (non-hydrogen) atoms. The van der Waals surface area contributed by atoms with E-state index in [1.165, 1.54) is 4.90 Å². The van der Waals surface area contributed by atoms with Crippen molar-refractivity contribution >= 4 is 22.8 Å². The fraction of sp³-hybridized carbons (Fsp3) is 0.818. The van der Waals surface area contributed by atoms with E-state index in [9.17, 15) is 13.8 Å². The highest BCUT2D eigenvalue weighted by molar-refractivity contribution is 7.84. The molecule has 0 aromatic carbocycles. The number of amides is 2. The molecule has 2 amide bonds. The van der Waals surface area contributed by atoms with E-state index in [1.807, 2.05) is 6.92 Å². The average Bonchev–Trinajstić information content (AvgIpc) is 2.38. The van der Waals surface area contributed by atoms with Crippen LogP contribution in [0.1, 0.15) is 26.2 Å². The standard InChI is InChI=1S/C11H20N2O4S/c1-2-18(17)8-6-12-11(16)13-7-4-3-5-9(13)10(14)15/h9H,2-8H2,1H3,(H,12,16)(H,14,15). The highest BCUT2D eigenvalue weighted by Gasteiger charge is 2.31. The van der Waals surface area contributed by atoms with Crippen molar-refractivity contribution in [3.63, 3.8) is 0 Å². The molecular formula is C11H20N2O4S. The van der Waals surface area contributed by atoms with Crippen LogP contribution in [-0.4, -0.2) is 56.9 Å². The largest absolute Gasteiger partial charge is 0.480 e. The highest BCUT2D eigenvalue weighted by Crippen LogP contribution is 2.17. The number of aliphatic carboxylic acids is 1. The molecule has 2 N–H and O–H groups in total. The van der Waals surface area contributed by atoms with Gasteiger partial charge in [-0.3, -0.25) is 4.21 Å². The summed E-state index contributed by atoms with van der Waals surface area (Å²) in [4.78, 5) is 24.2. The zero-order valence-electron chi connectivity index (χ0n) is 10.6. The topological polar surface area (TPSA) is 86.7 Å². The second kappa shape index (κ2) is 7.35. The van der Waals surface area contributed by atoms with Gasteiger partial charge in [0.05, 0.1) is 0 Å². The quantitative estimate of drug-likeness (QED) is 0.761. The summed E-state index contributed by atoms with van der Waals surface area (Å²) < 4.78 is 11.2. The molecule has 1 aliphatic rings. The first-order valence-electron chi connectivity index (χ1n) is 6.18. The Labute approximate surface area is 109 Å². The summed E-state index contributed by atoms with van der Waals surface area (Å²) in [7, 11) is -0.915. The molecule has 1 heterocycles. The van der Waals surface area contributed by atoms with Crippen LogP contribution in [0.2, 0.25) is 0 Å². The smallest absolute Gasteiger partial charge is 0.326 e. The number of carbonyl (C=O) groups is 2. The minimum absolute atomic E-state index is 0.322. The van der Waals surface area contributed by atoms with Crippen molar-refractivity contribution in [2.75, 3.05) is 24.6 Å². The first-order chi connectivity index (χ1) is 8.56. The molecule has 2 unspecified atom stereocenters. The number of nitrogens with zero attached hydrogens (tertiary/aromatic N) is 1. The maximum absolute atomic E-state index is 11.8. The third kappa shape index (κ3) is 4.29. The Morgan fingerprint density at radius 1 is 1.44 bits per heavy atom. The van der Waals surface area contributed by atoms with E-state index in [4.69, 9.17) is 5.11 Å². The van der Waals surface area contributed by atoms with Crippen LogP contribution in [0, 0.1) is 0 Å². The van der Waals surface area contributed by atoms with Gasteiger partial charge in [-0.05, 0) is 19.3 Å². The Morgan fingerprint density at radius 2 is 2.17 bits per heavy atom. The van der Waals surface area contributed by atoms with Gasteiger partial charge in [0.1, 0.15) is 6.04 Å². The Hall–Kier alpha value is -1.11. The minimum Gasteiger partial charge on any atom is -0.480 e. The predicted octanol–water partition coefficient (Wildman–Crippen LogP) is 0.404. The lowest BCUT2D eigenvalue weighted by molar-refractivity contribution is -0.143. The van der Waals surface area contributed by atoms with Crippen LogP contribution in [-0.2, 0) is 15.6 Å². The molecule has 1 fully saturated rings. The van der Waals surface area contributed by atoms with E-state index in [0.29, 0.717) is 31.0 Å². The minimum atomic E-state index is -0.956. The van der Waals surface area contributed by atoms with Gasteiger partial charge in [0.25, 0.3) is 0 Å². The molecule has 0 spiro atoms. The molecule has 0 aliphatic carbocycles. The van der Waals surface area contributed by atoms with Crippen molar-refractivity contribution in [1.82, 2.24) is 10.2 Å². The maximum Gasteiger partial charge on any atom is 0.326 e. The van der Waals surface area contributed by atoms with Gasteiger partial charge in [0.2, 0.25) is 0 Å². The van der Waals surface area contributed by atoms with Crippen LogP contribution in [0.25, 0.3) is 0 Å². The van der Waals surface area contributed by atoms with Gasteiger partial charge in [-0.1, -0.05) is 6.92 Å². The van der Waals surface area contributed by atoms with Gasteiger partial charge in [-0.15, -0.1) is 0 Å². The van der Waals surface area contributed by atoms with Gasteiger partial charge in [0, 0.05) is 35.4 Å². The lowest BCUT2D eigenvalue weighted by Crippen LogP contribution is -2.52. The SMILES string of the molecule is CCS(=O)CCNC(=O)N1CCCCC1C(=O)O. The van der Waals surface area contributed by atoms with Crippen LogP contribution in [0.15, 0.2) is 0 Å². The van der Waals surface area contributed by atoms with Crippen LogP contribution in [0.4, 0.5) is 4.79 Å². The molecule has 6 nitrogen and oxygen atoms in total. The van der Waals surface area contributed by atoms with Gasteiger partial charge >= 0.3 is 12.0 Å². The van der Waals surface area contributed by atoms with Crippen molar-refractivity contribution in [3.8, 4) is 0 Å². The number of piperidine rings is 1. The maximum atomic E-state index is 11.8. The molecule has 2 atom stereocenters. The average molecular weight is 276 g/mol. The summed E-state index contributed by atoms with van der Waals surface area (Å²) in [5.74, 6) is 0.0208. The summed E-state index contributed by atoms with van der Waals surface area (Å²) in [5, 5.41) is 11.7. The first-order valence-corrected chi connectivity index (χ1v) is 7.67. The number of rotatable bonds is 5. The molecule has 0 aromatic rings. The highest BCUT2D eigenvalue weighted by atomic mass is 32.2. The number of carbonyl (C=O) groups excluding carboxylic acids is 1. The second-order valence-corrected chi connectivity index (χ2v) is 6.07. The molecule has 0 bridgehead atoms. The molecule has 0 aromatic heterocycles. The van der Waals surface area contributed by atoms with E-state index in [-0.39, 0.29) is 6.03 Å². The van der Waals surface area contributed by atoms with Crippen molar-refractivity contribution in [1.29, 1.82) is 0 Å². The third-order valence-corrected chi connectivity index (χ3v) is 4.28. The predicted molar refractivity (Wildman–Crippen MR) is 68.9 cm³/mol. The molecule has 1 saturated heterocycles.